The Labute approximate surface area is 171 Å². The van der Waals surface area contributed by atoms with Crippen molar-refractivity contribution in [1.82, 2.24) is 4.31 Å². The summed E-state index contributed by atoms with van der Waals surface area (Å²) in [7, 11) is -0.390. The van der Waals surface area contributed by atoms with Crippen LogP contribution in [0.2, 0.25) is 5.02 Å². The van der Waals surface area contributed by atoms with Gasteiger partial charge in [-0.15, -0.1) is 0 Å². The van der Waals surface area contributed by atoms with Crippen LogP contribution in [-0.4, -0.2) is 38.9 Å². The third-order valence-corrected chi connectivity index (χ3v) is 6.53. The van der Waals surface area contributed by atoms with Crippen molar-refractivity contribution >= 4 is 33.3 Å². The molecule has 2 rings (SSSR count). The molecule has 28 heavy (non-hydrogen) atoms. The van der Waals surface area contributed by atoms with Gasteiger partial charge in [0.25, 0.3) is 0 Å². The molecule has 9 heteroatoms. The molecule has 0 fully saturated rings. The summed E-state index contributed by atoms with van der Waals surface area (Å²) in [5, 5.41) is 3.41. The van der Waals surface area contributed by atoms with Crippen LogP contribution >= 0.6 is 11.6 Å². The molecule has 0 bridgehead atoms. The number of benzene rings is 2. The van der Waals surface area contributed by atoms with Crippen molar-refractivity contribution in [2.24, 2.45) is 10.7 Å². The smallest absolute Gasteiger partial charge is 0.243 e. The molecule has 0 unspecified atom stereocenters. The fourth-order valence-electron chi connectivity index (χ4n) is 2.32. The molecule has 0 saturated heterocycles. The van der Waals surface area contributed by atoms with Crippen molar-refractivity contribution in [2.45, 2.75) is 31.3 Å². The van der Waals surface area contributed by atoms with Crippen molar-refractivity contribution in [2.75, 3.05) is 19.5 Å². The number of guanidine groups is 1. The Hall–Kier alpha value is -2.29. The largest absolute Gasteiger partial charge is 0.495 e. The van der Waals surface area contributed by atoms with E-state index in [-0.39, 0.29) is 16.9 Å². The number of hydrogen-bond donors (Lipinski definition) is 2. The monoisotopic (exact) mass is 424 g/mol. The van der Waals surface area contributed by atoms with Gasteiger partial charge in [-0.1, -0.05) is 23.7 Å². The maximum atomic E-state index is 12.5. The van der Waals surface area contributed by atoms with Gasteiger partial charge in [0.1, 0.15) is 5.75 Å². The summed E-state index contributed by atoms with van der Waals surface area (Å²) < 4.78 is 31.4. The number of hydrogen-bond acceptors (Lipinski definition) is 4. The number of nitrogens with one attached hydrogen (secondary N) is 1. The Kier molecular flexibility index (Phi) is 7.29. The Bertz CT molecular complexity index is 944. The summed E-state index contributed by atoms with van der Waals surface area (Å²) in [6.45, 7) is 3.96. The van der Waals surface area contributed by atoms with Gasteiger partial charge in [0, 0.05) is 18.8 Å². The number of anilines is 1. The molecule has 0 atom stereocenters. The summed E-state index contributed by atoms with van der Waals surface area (Å²) in [6.07, 6.45) is 0. The van der Waals surface area contributed by atoms with Crippen molar-refractivity contribution < 1.29 is 13.2 Å². The number of methoxy groups -OCH3 is 1. The van der Waals surface area contributed by atoms with Crippen LogP contribution < -0.4 is 15.8 Å². The summed E-state index contributed by atoms with van der Waals surface area (Å²) in [4.78, 5) is 4.51. The van der Waals surface area contributed by atoms with Crippen molar-refractivity contribution in [3.8, 4) is 5.75 Å². The van der Waals surface area contributed by atoms with Crippen LogP contribution in [0.15, 0.2) is 52.4 Å². The first kappa shape index (κ1) is 22.0. The first-order chi connectivity index (χ1) is 13.1. The highest BCUT2D eigenvalue weighted by molar-refractivity contribution is 7.89. The molecule has 3 N–H and O–H groups in total. The third-order valence-electron chi connectivity index (χ3n) is 4.18. The second-order valence-corrected chi connectivity index (χ2v) is 8.84. The molecule has 0 saturated carbocycles. The summed E-state index contributed by atoms with van der Waals surface area (Å²) in [6, 6.07) is 11.7. The lowest BCUT2D eigenvalue weighted by molar-refractivity contribution is 0.410. The van der Waals surface area contributed by atoms with Gasteiger partial charge in [0.05, 0.1) is 23.6 Å². The molecular formula is C19H25ClN4O3S. The minimum Gasteiger partial charge on any atom is -0.495 e. The number of halogens is 1. The van der Waals surface area contributed by atoms with Gasteiger partial charge >= 0.3 is 0 Å². The second kappa shape index (κ2) is 9.27. The highest BCUT2D eigenvalue weighted by atomic mass is 35.5. The van der Waals surface area contributed by atoms with E-state index in [2.05, 4.69) is 10.3 Å². The Balaban J connectivity index is 2.05. The average molecular weight is 425 g/mol. The molecule has 2 aromatic rings. The van der Waals surface area contributed by atoms with E-state index < -0.39 is 10.0 Å². The van der Waals surface area contributed by atoms with Crippen LogP contribution in [-0.2, 0) is 16.6 Å². The molecule has 0 heterocycles. The minimum absolute atomic E-state index is 0.119. The van der Waals surface area contributed by atoms with Crippen molar-refractivity contribution in [3.05, 3.63) is 53.1 Å². The van der Waals surface area contributed by atoms with Gasteiger partial charge in [0.15, 0.2) is 5.96 Å². The molecule has 0 aliphatic heterocycles. The lowest BCUT2D eigenvalue weighted by Crippen LogP contribution is -2.33. The van der Waals surface area contributed by atoms with Crippen molar-refractivity contribution in [1.29, 1.82) is 0 Å². The van der Waals surface area contributed by atoms with E-state index in [1.807, 2.05) is 13.8 Å². The van der Waals surface area contributed by atoms with E-state index in [4.69, 9.17) is 22.1 Å². The first-order valence-corrected chi connectivity index (χ1v) is 10.4. The van der Waals surface area contributed by atoms with E-state index in [1.54, 1.807) is 56.6 Å². The molecule has 2 aromatic carbocycles. The Morgan fingerprint density at radius 1 is 1.25 bits per heavy atom. The zero-order valence-electron chi connectivity index (χ0n) is 16.3. The lowest BCUT2D eigenvalue weighted by Gasteiger charge is -2.21. The Morgan fingerprint density at radius 2 is 1.89 bits per heavy atom. The zero-order chi connectivity index (χ0) is 20.9. The Morgan fingerprint density at radius 3 is 2.43 bits per heavy atom. The quantitative estimate of drug-likeness (QED) is 0.525. The van der Waals surface area contributed by atoms with Gasteiger partial charge in [-0.25, -0.2) is 13.4 Å². The standard InChI is InChI=1S/C19H25ClN4O3S/c1-13(2)24(3)28(25,26)16-8-5-14(6-9-16)12-22-19(21)23-15-7-10-18(27-4)17(20)11-15/h5-11,13H,12H2,1-4H3,(H3,21,22,23). The summed E-state index contributed by atoms with van der Waals surface area (Å²) in [5.41, 5.74) is 7.43. The average Bonchev–Trinajstić information content (AvgIpc) is 2.66. The zero-order valence-corrected chi connectivity index (χ0v) is 17.9. The SMILES string of the molecule is COc1ccc(NC(N)=NCc2ccc(S(=O)(=O)N(C)C(C)C)cc2)cc1Cl. The molecule has 0 aromatic heterocycles. The number of aliphatic imine (C=N–C) groups is 1. The van der Waals surface area contributed by atoms with Crippen LogP contribution in [0.25, 0.3) is 0 Å². The van der Waals surface area contributed by atoms with E-state index in [0.717, 1.165) is 5.56 Å². The third kappa shape index (κ3) is 5.37. The number of nitrogens with two attached hydrogens (primary N) is 1. The normalized spacial score (nSPS) is 12.5. The van der Waals surface area contributed by atoms with Gasteiger partial charge < -0.3 is 15.8 Å². The van der Waals surface area contributed by atoms with Gasteiger partial charge in [-0.2, -0.15) is 4.31 Å². The minimum atomic E-state index is -3.50. The van der Waals surface area contributed by atoms with E-state index in [9.17, 15) is 8.42 Å². The molecule has 152 valence electrons. The molecule has 0 aliphatic carbocycles. The highest BCUT2D eigenvalue weighted by Gasteiger charge is 2.22. The van der Waals surface area contributed by atoms with Crippen LogP contribution in [0.5, 0.6) is 5.75 Å². The maximum Gasteiger partial charge on any atom is 0.243 e. The van der Waals surface area contributed by atoms with E-state index in [0.29, 0.717) is 23.0 Å². The van der Waals surface area contributed by atoms with Gasteiger partial charge in [-0.3, -0.25) is 0 Å². The number of nitrogens with zero attached hydrogens (tertiary/aromatic N) is 2. The fourth-order valence-corrected chi connectivity index (χ4v) is 3.94. The van der Waals surface area contributed by atoms with Crippen LogP contribution in [0.4, 0.5) is 5.69 Å². The molecule has 7 nitrogen and oxygen atoms in total. The van der Waals surface area contributed by atoms with Crippen molar-refractivity contribution in [3.63, 3.8) is 0 Å². The van der Waals surface area contributed by atoms with Gasteiger partial charge in [0.2, 0.25) is 10.0 Å². The molecule has 0 radical (unpaired) electrons. The summed E-state index contributed by atoms with van der Waals surface area (Å²) >= 11 is 6.08. The maximum absolute atomic E-state index is 12.5. The molecule has 0 spiro atoms. The molecular weight excluding hydrogens is 400 g/mol. The lowest BCUT2D eigenvalue weighted by atomic mass is 10.2. The van der Waals surface area contributed by atoms with E-state index in [1.165, 1.54) is 4.31 Å². The number of rotatable bonds is 7. The molecule has 0 aliphatic rings. The number of sulfonamides is 1. The van der Waals surface area contributed by atoms with Crippen LogP contribution in [0.3, 0.4) is 0 Å². The van der Waals surface area contributed by atoms with E-state index >= 15 is 0 Å². The van der Waals surface area contributed by atoms with Gasteiger partial charge in [-0.05, 0) is 49.7 Å². The van der Waals surface area contributed by atoms with Crippen LogP contribution in [0, 0.1) is 0 Å². The predicted octanol–water partition coefficient (Wildman–Crippen LogP) is 3.30. The number of ether oxygens (including phenoxy) is 1. The summed E-state index contributed by atoms with van der Waals surface area (Å²) in [5.74, 6) is 0.790. The fraction of sp³-hybridized carbons (Fsp3) is 0.316. The second-order valence-electron chi connectivity index (χ2n) is 6.43. The first-order valence-electron chi connectivity index (χ1n) is 8.62. The predicted molar refractivity (Wildman–Crippen MR) is 113 cm³/mol. The topological polar surface area (TPSA) is 97.0 Å². The van der Waals surface area contributed by atoms with Crippen LogP contribution in [0.1, 0.15) is 19.4 Å². The highest BCUT2D eigenvalue weighted by Crippen LogP contribution is 2.27. The molecule has 0 amide bonds.